The number of ether oxygens (including phenoxy) is 1. The molecule has 124 valence electrons. The van der Waals surface area contributed by atoms with Crippen molar-refractivity contribution in [1.82, 2.24) is 25.1 Å². The van der Waals surface area contributed by atoms with Crippen molar-refractivity contribution in [3.63, 3.8) is 0 Å². The summed E-state index contributed by atoms with van der Waals surface area (Å²) in [6.45, 7) is 5.26. The predicted octanol–water partition coefficient (Wildman–Crippen LogP) is 2.69. The monoisotopic (exact) mass is 325 g/mol. The minimum absolute atomic E-state index is 0.316. The van der Waals surface area contributed by atoms with Crippen LogP contribution in [0.4, 0.5) is 4.79 Å². The van der Waals surface area contributed by atoms with Gasteiger partial charge < -0.3 is 14.6 Å². The maximum atomic E-state index is 11.8. The lowest BCUT2D eigenvalue weighted by Gasteiger charge is -2.25. The Balaban J connectivity index is 1.76. The highest BCUT2D eigenvalue weighted by Crippen LogP contribution is 2.29. The molecule has 1 aromatic carbocycles. The molecule has 24 heavy (non-hydrogen) atoms. The average molecular weight is 325 g/mol. The first kappa shape index (κ1) is 14.7. The first-order valence-corrected chi connectivity index (χ1v) is 7.93. The van der Waals surface area contributed by atoms with Crippen molar-refractivity contribution in [2.45, 2.75) is 26.8 Å². The summed E-state index contributed by atoms with van der Waals surface area (Å²) < 4.78 is 4.83. The van der Waals surface area contributed by atoms with Gasteiger partial charge in [-0.05, 0) is 37.1 Å². The first-order valence-electron chi connectivity index (χ1n) is 7.93. The molecule has 0 radical (unpaired) electrons. The van der Waals surface area contributed by atoms with E-state index in [0.29, 0.717) is 13.1 Å². The van der Waals surface area contributed by atoms with Gasteiger partial charge in [0, 0.05) is 24.2 Å². The zero-order chi connectivity index (χ0) is 16.8. The first-order chi connectivity index (χ1) is 11.6. The number of fused-ring (bicyclic) bond motifs is 2. The van der Waals surface area contributed by atoms with Crippen LogP contribution in [0.2, 0.25) is 0 Å². The second-order valence-corrected chi connectivity index (χ2v) is 6.21. The third-order valence-corrected chi connectivity index (χ3v) is 4.69. The summed E-state index contributed by atoms with van der Waals surface area (Å²) in [5.41, 5.74) is 7.17. The van der Waals surface area contributed by atoms with Crippen molar-refractivity contribution in [3.8, 4) is 11.5 Å². The van der Waals surface area contributed by atoms with Gasteiger partial charge in [-0.15, -0.1) is 0 Å². The Kier molecular flexibility index (Phi) is 3.30. The maximum Gasteiger partial charge on any atom is 0.409 e. The number of hydrogen-bond acceptors (Lipinski definition) is 4. The molecule has 2 N–H and O–H groups in total. The van der Waals surface area contributed by atoms with Crippen LogP contribution in [-0.2, 0) is 17.7 Å². The number of aromatic amines is 2. The smallest absolute Gasteiger partial charge is 0.409 e. The third kappa shape index (κ3) is 2.24. The van der Waals surface area contributed by atoms with Gasteiger partial charge in [0.2, 0.25) is 0 Å². The fourth-order valence-electron chi connectivity index (χ4n) is 3.16. The van der Waals surface area contributed by atoms with Crippen molar-refractivity contribution < 1.29 is 9.53 Å². The number of carbonyl (C=O) groups excluding carboxylic acids is 1. The predicted molar refractivity (Wildman–Crippen MR) is 89.7 cm³/mol. The van der Waals surface area contributed by atoms with Gasteiger partial charge in [-0.3, -0.25) is 5.10 Å². The van der Waals surface area contributed by atoms with E-state index >= 15 is 0 Å². The van der Waals surface area contributed by atoms with E-state index in [2.05, 4.69) is 46.1 Å². The summed E-state index contributed by atoms with van der Waals surface area (Å²) in [5, 5.41) is 7.51. The van der Waals surface area contributed by atoms with Crippen LogP contribution < -0.4 is 0 Å². The molecular weight excluding hydrogens is 306 g/mol. The summed E-state index contributed by atoms with van der Waals surface area (Å²) in [6, 6.07) is 4.17. The van der Waals surface area contributed by atoms with Crippen LogP contribution in [0.15, 0.2) is 12.1 Å². The topological polar surface area (TPSA) is 86.9 Å². The summed E-state index contributed by atoms with van der Waals surface area (Å²) in [5.74, 6) is 0.721. The van der Waals surface area contributed by atoms with Crippen LogP contribution in [0.3, 0.4) is 0 Å². The minimum atomic E-state index is -0.316. The molecule has 0 saturated heterocycles. The van der Waals surface area contributed by atoms with Crippen LogP contribution in [0.1, 0.15) is 22.4 Å². The van der Waals surface area contributed by atoms with Crippen LogP contribution in [0.25, 0.3) is 22.6 Å². The number of rotatable bonds is 1. The van der Waals surface area contributed by atoms with Crippen molar-refractivity contribution in [1.29, 1.82) is 0 Å². The summed E-state index contributed by atoms with van der Waals surface area (Å²) in [6.07, 6.45) is 0.416. The van der Waals surface area contributed by atoms with Gasteiger partial charge in [-0.25, -0.2) is 9.78 Å². The van der Waals surface area contributed by atoms with E-state index in [-0.39, 0.29) is 6.09 Å². The van der Waals surface area contributed by atoms with Crippen molar-refractivity contribution in [2.75, 3.05) is 13.7 Å². The Hall–Kier alpha value is -2.83. The van der Waals surface area contributed by atoms with Crippen molar-refractivity contribution >= 4 is 17.1 Å². The van der Waals surface area contributed by atoms with Crippen LogP contribution in [0.5, 0.6) is 0 Å². The van der Waals surface area contributed by atoms with E-state index in [4.69, 9.17) is 4.74 Å². The molecule has 0 unspecified atom stereocenters. The van der Waals surface area contributed by atoms with Crippen molar-refractivity contribution in [2.24, 2.45) is 0 Å². The highest BCUT2D eigenvalue weighted by molar-refractivity contribution is 5.81. The van der Waals surface area contributed by atoms with Crippen LogP contribution in [0, 0.1) is 13.8 Å². The molecule has 0 fully saturated rings. The minimum Gasteiger partial charge on any atom is -0.453 e. The molecule has 3 heterocycles. The van der Waals surface area contributed by atoms with Gasteiger partial charge in [-0.2, -0.15) is 5.10 Å². The number of methoxy groups -OCH3 is 1. The molecule has 4 rings (SSSR count). The molecule has 0 bridgehead atoms. The lowest BCUT2D eigenvalue weighted by atomic mass is 10.1. The Morgan fingerprint density at radius 3 is 2.88 bits per heavy atom. The van der Waals surface area contributed by atoms with E-state index in [9.17, 15) is 4.79 Å². The fraction of sp³-hybridized carbons (Fsp3) is 0.353. The van der Waals surface area contributed by atoms with Gasteiger partial charge >= 0.3 is 6.09 Å². The standard InChI is InChI=1S/C17H19N5O2/c1-9-6-13-14(7-10(9)2)19-16(18-13)15-11-8-22(17(23)24-3)5-4-12(11)20-21-15/h6-7H,4-5,8H2,1-3H3,(H,18,19)(H,20,21). The number of imidazole rings is 1. The second kappa shape index (κ2) is 5.36. The van der Waals surface area contributed by atoms with Gasteiger partial charge in [0.05, 0.1) is 24.7 Å². The molecule has 1 aliphatic heterocycles. The highest BCUT2D eigenvalue weighted by atomic mass is 16.5. The van der Waals surface area contributed by atoms with Gasteiger partial charge in [0.25, 0.3) is 0 Å². The molecule has 7 heteroatoms. The van der Waals surface area contributed by atoms with Gasteiger partial charge in [0.1, 0.15) is 5.69 Å². The fourth-order valence-corrected chi connectivity index (χ4v) is 3.16. The normalized spacial score (nSPS) is 14.0. The molecular formula is C17H19N5O2. The molecule has 3 aromatic rings. The van der Waals surface area contributed by atoms with E-state index in [0.717, 1.165) is 40.2 Å². The molecule has 0 saturated carbocycles. The molecule has 0 spiro atoms. The van der Waals surface area contributed by atoms with Crippen molar-refractivity contribution in [3.05, 3.63) is 34.5 Å². The Bertz CT molecular complexity index is 901. The maximum absolute atomic E-state index is 11.8. The lowest BCUT2D eigenvalue weighted by Crippen LogP contribution is -2.35. The molecule has 0 atom stereocenters. The van der Waals surface area contributed by atoms with E-state index in [1.165, 1.54) is 18.2 Å². The number of carbonyl (C=O) groups is 1. The van der Waals surface area contributed by atoms with Crippen LogP contribution in [-0.4, -0.2) is 44.8 Å². The summed E-state index contributed by atoms with van der Waals surface area (Å²) in [7, 11) is 1.40. The van der Waals surface area contributed by atoms with Gasteiger partial charge in [-0.1, -0.05) is 0 Å². The van der Waals surface area contributed by atoms with E-state index in [1.807, 2.05) is 0 Å². The molecule has 0 aliphatic carbocycles. The zero-order valence-corrected chi connectivity index (χ0v) is 13.9. The Labute approximate surface area is 139 Å². The highest BCUT2D eigenvalue weighted by Gasteiger charge is 2.27. The number of H-pyrrole nitrogens is 2. The molecule has 2 aromatic heterocycles. The molecule has 1 amide bonds. The summed E-state index contributed by atoms with van der Waals surface area (Å²) in [4.78, 5) is 21.5. The Morgan fingerprint density at radius 1 is 1.29 bits per heavy atom. The van der Waals surface area contributed by atoms with Crippen LogP contribution >= 0.6 is 0 Å². The second-order valence-electron chi connectivity index (χ2n) is 6.21. The number of aromatic nitrogens is 4. The Morgan fingerprint density at radius 2 is 2.08 bits per heavy atom. The van der Waals surface area contributed by atoms with E-state index in [1.54, 1.807) is 4.90 Å². The number of aryl methyl sites for hydroxylation is 2. The van der Waals surface area contributed by atoms with Gasteiger partial charge in [0.15, 0.2) is 5.82 Å². The zero-order valence-electron chi connectivity index (χ0n) is 13.9. The largest absolute Gasteiger partial charge is 0.453 e. The molecule has 1 aliphatic rings. The quantitative estimate of drug-likeness (QED) is 0.720. The van der Waals surface area contributed by atoms with E-state index < -0.39 is 0 Å². The number of nitrogens with one attached hydrogen (secondary N) is 2. The lowest BCUT2D eigenvalue weighted by molar-refractivity contribution is 0.118. The molecule has 7 nitrogen and oxygen atoms in total. The number of benzene rings is 1. The number of amides is 1. The number of nitrogens with zero attached hydrogens (tertiary/aromatic N) is 3. The summed E-state index contributed by atoms with van der Waals surface area (Å²) >= 11 is 0. The SMILES string of the molecule is COC(=O)N1CCc2[nH]nc(-c3nc4cc(C)c(C)cc4[nH]3)c2C1. The average Bonchev–Trinajstić information content (AvgIpc) is 3.17. The third-order valence-electron chi connectivity index (χ3n) is 4.69. The number of hydrogen-bond donors (Lipinski definition) is 2.